The molecule has 2 aromatic carbocycles. The van der Waals surface area contributed by atoms with Gasteiger partial charge >= 0.3 is 5.97 Å². The van der Waals surface area contributed by atoms with E-state index >= 15 is 0 Å². The van der Waals surface area contributed by atoms with Crippen molar-refractivity contribution in [2.75, 3.05) is 12.4 Å². The maximum absolute atomic E-state index is 12.0. The Kier molecular flexibility index (Phi) is 4.08. The summed E-state index contributed by atoms with van der Waals surface area (Å²) >= 11 is 0. The summed E-state index contributed by atoms with van der Waals surface area (Å²) < 4.78 is 4.59. The molecule has 0 aliphatic heterocycles. The van der Waals surface area contributed by atoms with E-state index in [9.17, 15) is 19.8 Å². The topological polar surface area (TPSA) is 95.9 Å². The Hall–Kier alpha value is -3.02. The summed E-state index contributed by atoms with van der Waals surface area (Å²) in [6.07, 6.45) is 0. The second kappa shape index (κ2) is 5.96. The van der Waals surface area contributed by atoms with E-state index in [1.54, 1.807) is 18.2 Å². The van der Waals surface area contributed by atoms with E-state index in [0.717, 1.165) is 6.07 Å². The number of carbonyl (C=O) groups is 2. The fourth-order valence-corrected chi connectivity index (χ4v) is 1.75. The number of ether oxygens (including phenoxy) is 1. The van der Waals surface area contributed by atoms with Crippen molar-refractivity contribution in [3.05, 3.63) is 53.6 Å². The lowest BCUT2D eigenvalue weighted by atomic mass is 10.1. The highest BCUT2D eigenvalue weighted by molar-refractivity contribution is 6.06. The van der Waals surface area contributed by atoms with Gasteiger partial charge in [0.2, 0.25) is 0 Å². The molecule has 0 unspecified atom stereocenters. The number of hydrogen-bond donors (Lipinski definition) is 3. The Morgan fingerprint density at radius 3 is 2.52 bits per heavy atom. The number of carbonyl (C=O) groups excluding carboxylic acids is 2. The molecule has 0 saturated heterocycles. The van der Waals surface area contributed by atoms with Crippen LogP contribution in [0.3, 0.4) is 0 Å². The van der Waals surface area contributed by atoms with Crippen molar-refractivity contribution in [2.24, 2.45) is 0 Å². The van der Waals surface area contributed by atoms with Crippen LogP contribution in [-0.4, -0.2) is 29.2 Å². The van der Waals surface area contributed by atoms with Crippen LogP contribution in [-0.2, 0) is 4.74 Å². The first-order valence-electron chi connectivity index (χ1n) is 6.03. The van der Waals surface area contributed by atoms with Gasteiger partial charge in [0.05, 0.1) is 18.2 Å². The lowest BCUT2D eigenvalue weighted by molar-refractivity contribution is 0.0600. The molecular weight excluding hydrogens is 274 g/mol. The van der Waals surface area contributed by atoms with Crippen LogP contribution in [0.25, 0.3) is 0 Å². The zero-order valence-electron chi connectivity index (χ0n) is 11.2. The van der Waals surface area contributed by atoms with Crippen molar-refractivity contribution < 1.29 is 24.5 Å². The molecule has 21 heavy (non-hydrogen) atoms. The zero-order valence-corrected chi connectivity index (χ0v) is 11.2. The van der Waals surface area contributed by atoms with Crippen LogP contribution in [0.2, 0.25) is 0 Å². The minimum Gasteiger partial charge on any atom is -0.508 e. The van der Waals surface area contributed by atoms with Crippen LogP contribution in [0.5, 0.6) is 11.5 Å². The van der Waals surface area contributed by atoms with Gasteiger partial charge in [-0.2, -0.15) is 0 Å². The molecule has 2 aromatic rings. The number of phenolic OH excluding ortho intramolecular Hbond substituents is 2. The highest BCUT2D eigenvalue weighted by Gasteiger charge is 2.13. The van der Waals surface area contributed by atoms with E-state index in [1.165, 1.54) is 25.3 Å². The van der Waals surface area contributed by atoms with Gasteiger partial charge in [0.1, 0.15) is 11.5 Å². The van der Waals surface area contributed by atoms with Crippen molar-refractivity contribution in [1.29, 1.82) is 0 Å². The normalized spacial score (nSPS) is 9.95. The first kappa shape index (κ1) is 14.4. The number of aromatic hydroxyl groups is 2. The Labute approximate surface area is 120 Å². The maximum Gasteiger partial charge on any atom is 0.337 e. The van der Waals surface area contributed by atoms with Crippen LogP contribution in [0.15, 0.2) is 42.5 Å². The van der Waals surface area contributed by atoms with Crippen molar-refractivity contribution in [3.63, 3.8) is 0 Å². The predicted molar refractivity (Wildman–Crippen MR) is 75.5 cm³/mol. The fraction of sp³-hybridized carbons (Fsp3) is 0.0667. The third kappa shape index (κ3) is 3.30. The lowest BCUT2D eigenvalue weighted by Crippen LogP contribution is -2.12. The molecule has 0 aromatic heterocycles. The number of benzene rings is 2. The van der Waals surface area contributed by atoms with Gasteiger partial charge in [0.25, 0.3) is 5.91 Å². The van der Waals surface area contributed by atoms with Crippen LogP contribution in [0, 0.1) is 0 Å². The minimum absolute atomic E-state index is 0.0104. The molecule has 0 heterocycles. The van der Waals surface area contributed by atoms with E-state index in [2.05, 4.69) is 10.1 Å². The predicted octanol–water partition coefficient (Wildman–Crippen LogP) is 2.14. The molecule has 6 heteroatoms. The van der Waals surface area contributed by atoms with Crippen molar-refractivity contribution in [2.45, 2.75) is 0 Å². The van der Waals surface area contributed by atoms with Crippen molar-refractivity contribution in [3.8, 4) is 11.5 Å². The summed E-state index contributed by atoms with van der Waals surface area (Å²) in [6.45, 7) is 0. The van der Waals surface area contributed by atoms with Crippen LogP contribution >= 0.6 is 0 Å². The summed E-state index contributed by atoms with van der Waals surface area (Å²) in [6, 6.07) is 9.87. The standard InChI is InChI=1S/C15H13NO5/c1-21-15(20)9-3-2-4-10(7-9)16-14(19)12-6-5-11(17)8-13(12)18/h2-8,17-18H,1H3,(H,16,19). The van der Waals surface area contributed by atoms with Gasteiger partial charge in [-0.1, -0.05) is 6.07 Å². The van der Waals surface area contributed by atoms with Gasteiger partial charge < -0.3 is 20.3 Å². The number of rotatable bonds is 3. The van der Waals surface area contributed by atoms with Gasteiger partial charge in [-0.05, 0) is 30.3 Å². The monoisotopic (exact) mass is 287 g/mol. The summed E-state index contributed by atoms with van der Waals surface area (Å²) in [5, 5.41) is 21.4. The third-order valence-corrected chi connectivity index (χ3v) is 2.77. The number of hydrogen-bond acceptors (Lipinski definition) is 5. The minimum atomic E-state index is -0.561. The van der Waals surface area contributed by atoms with Crippen LogP contribution < -0.4 is 5.32 Å². The van der Waals surface area contributed by atoms with Gasteiger partial charge in [-0.25, -0.2) is 4.79 Å². The summed E-state index contributed by atoms with van der Waals surface area (Å²) in [5.74, 6) is -1.55. The number of amides is 1. The Bertz CT molecular complexity index is 696. The molecule has 0 saturated carbocycles. The molecule has 0 fully saturated rings. The largest absolute Gasteiger partial charge is 0.508 e. The Morgan fingerprint density at radius 1 is 1.10 bits per heavy atom. The smallest absolute Gasteiger partial charge is 0.337 e. The second-order valence-corrected chi connectivity index (χ2v) is 4.23. The van der Waals surface area contributed by atoms with Gasteiger partial charge in [-0.15, -0.1) is 0 Å². The molecule has 6 nitrogen and oxygen atoms in total. The maximum atomic E-state index is 12.0. The number of anilines is 1. The van der Waals surface area contributed by atoms with E-state index < -0.39 is 11.9 Å². The molecule has 0 spiro atoms. The van der Waals surface area contributed by atoms with E-state index in [4.69, 9.17) is 0 Å². The van der Waals surface area contributed by atoms with E-state index in [-0.39, 0.29) is 17.1 Å². The van der Waals surface area contributed by atoms with Gasteiger partial charge in [-0.3, -0.25) is 4.79 Å². The summed E-state index contributed by atoms with van der Waals surface area (Å²) in [4.78, 5) is 23.4. The molecule has 0 radical (unpaired) electrons. The molecule has 3 N–H and O–H groups in total. The lowest BCUT2D eigenvalue weighted by Gasteiger charge is -2.08. The number of phenols is 2. The number of nitrogens with one attached hydrogen (secondary N) is 1. The average molecular weight is 287 g/mol. The molecule has 0 bridgehead atoms. The van der Waals surface area contributed by atoms with Crippen molar-refractivity contribution >= 4 is 17.6 Å². The quantitative estimate of drug-likeness (QED) is 0.752. The molecule has 0 aliphatic rings. The van der Waals surface area contributed by atoms with E-state index in [0.29, 0.717) is 11.3 Å². The summed E-state index contributed by atoms with van der Waals surface area (Å²) in [5.41, 5.74) is 0.692. The van der Waals surface area contributed by atoms with Gasteiger partial charge in [0, 0.05) is 11.8 Å². The SMILES string of the molecule is COC(=O)c1cccc(NC(=O)c2ccc(O)cc2O)c1. The van der Waals surface area contributed by atoms with E-state index in [1.807, 2.05) is 0 Å². The highest BCUT2D eigenvalue weighted by Crippen LogP contribution is 2.23. The van der Waals surface area contributed by atoms with Crippen molar-refractivity contribution in [1.82, 2.24) is 0 Å². The molecule has 2 rings (SSSR count). The molecule has 1 amide bonds. The number of esters is 1. The van der Waals surface area contributed by atoms with Gasteiger partial charge in [0.15, 0.2) is 0 Å². The zero-order chi connectivity index (χ0) is 15.4. The third-order valence-electron chi connectivity index (χ3n) is 2.77. The summed E-state index contributed by atoms with van der Waals surface area (Å²) in [7, 11) is 1.27. The molecule has 108 valence electrons. The first-order chi connectivity index (χ1) is 10.0. The molecule has 0 atom stereocenters. The molecular formula is C15H13NO5. The Balaban J connectivity index is 2.21. The number of methoxy groups -OCH3 is 1. The molecule has 0 aliphatic carbocycles. The second-order valence-electron chi connectivity index (χ2n) is 4.23. The first-order valence-corrected chi connectivity index (χ1v) is 6.03. The van der Waals surface area contributed by atoms with Crippen LogP contribution in [0.1, 0.15) is 20.7 Å². The highest BCUT2D eigenvalue weighted by atomic mass is 16.5. The van der Waals surface area contributed by atoms with Crippen LogP contribution in [0.4, 0.5) is 5.69 Å². The fourth-order valence-electron chi connectivity index (χ4n) is 1.75. The average Bonchev–Trinajstić information content (AvgIpc) is 2.46. The Morgan fingerprint density at radius 2 is 1.86 bits per heavy atom.